The summed E-state index contributed by atoms with van der Waals surface area (Å²) in [6.45, 7) is 3.14. The van der Waals surface area contributed by atoms with Gasteiger partial charge >= 0.3 is 0 Å². The molecule has 0 radical (unpaired) electrons. The summed E-state index contributed by atoms with van der Waals surface area (Å²) in [5.74, 6) is -0.0208. The summed E-state index contributed by atoms with van der Waals surface area (Å²) >= 11 is 0. The lowest BCUT2D eigenvalue weighted by Crippen LogP contribution is -1.97. The number of aromatic hydroxyl groups is 1. The molecule has 0 heterocycles. The molecule has 13 heavy (non-hydrogen) atoms. The molecule has 0 amide bonds. The van der Waals surface area contributed by atoms with E-state index in [1.807, 2.05) is 0 Å². The van der Waals surface area contributed by atoms with Gasteiger partial charge in [0.2, 0.25) is 0 Å². The van der Waals surface area contributed by atoms with Crippen molar-refractivity contribution in [1.82, 2.24) is 0 Å². The van der Waals surface area contributed by atoms with Crippen LogP contribution < -0.4 is 0 Å². The average Bonchev–Trinajstić information content (AvgIpc) is 2.03. The van der Waals surface area contributed by atoms with Gasteiger partial charge in [-0.1, -0.05) is 18.2 Å². The topological polar surface area (TPSA) is 60.7 Å². The van der Waals surface area contributed by atoms with Crippen molar-refractivity contribution < 1.29 is 15.3 Å². The first-order valence-corrected chi connectivity index (χ1v) is 4.22. The highest BCUT2D eigenvalue weighted by Crippen LogP contribution is 2.31. The highest BCUT2D eigenvalue weighted by Gasteiger charge is 2.13. The molecule has 0 aliphatic carbocycles. The molecule has 2 atom stereocenters. The Morgan fingerprint density at radius 1 is 1.00 bits per heavy atom. The Balaban J connectivity index is 3.18. The van der Waals surface area contributed by atoms with Crippen molar-refractivity contribution in [2.75, 3.05) is 0 Å². The number of phenolic OH excluding ortho intramolecular Hbond substituents is 1. The van der Waals surface area contributed by atoms with E-state index in [4.69, 9.17) is 0 Å². The van der Waals surface area contributed by atoms with Crippen LogP contribution in [0.5, 0.6) is 5.75 Å². The van der Waals surface area contributed by atoms with Crippen molar-refractivity contribution >= 4 is 0 Å². The lowest BCUT2D eigenvalue weighted by Gasteiger charge is -2.13. The van der Waals surface area contributed by atoms with Gasteiger partial charge in [-0.3, -0.25) is 0 Å². The number of benzene rings is 1. The minimum atomic E-state index is -0.723. The number of phenols is 1. The first-order valence-electron chi connectivity index (χ1n) is 4.22. The van der Waals surface area contributed by atoms with E-state index < -0.39 is 12.2 Å². The number of aliphatic hydroxyl groups is 2. The van der Waals surface area contributed by atoms with E-state index >= 15 is 0 Å². The summed E-state index contributed by atoms with van der Waals surface area (Å²) in [6.07, 6.45) is -1.45. The Morgan fingerprint density at radius 2 is 1.38 bits per heavy atom. The standard InChI is InChI=1S/C10H14O3/c1-6(11)8-4-3-5-9(7(2)12)10(8)13/h3-7,11-13H,1-2H3. The Bertz CT molecular complexity index is 266. The fraction of sp³-hybridized carbons (Fsp3) is 0.400. The summed E-state index contributed by atoms with van der Waals surface area (Å²) in [4.78, 5) is 0. The molecule has 0 aliphatic rings. The van der Waals surface area contributed by atoms with Gasteiger partial charge in [0.25, 0.3) is 0 Å². The Morgan fingerprint density at radius 3 is 1.69 bits per heavy atom. The van der Waals surface area contributed by atoms with Crippen LogP contribution in [0.1, 0.15) is 37.2 Å². The zero-order chi connectivity index (χ0) is 10.0. The maximum absolute atomic E-state index is 9.61. The van der Waals surface area contributed by atoms with E-state index in [1.54, 1.807) is 32.0 Å². The highest BCUT2D eigenvalue weighted by atomic mass is 16.3. The van der Waals surface area contributed by atoms with E-state index in [9.17, 15) is 15.3 Å². The van der Waals surface area contributed by atoms with E-state index in [0.29, 0.717) is 11.1 Å². The molecule has 0 spiro atoms. The predicted molar refractivity (Wildman–Crippen MR) is 49.4 cm³/mol. The van der Waals surface area contributed by atoms with Crippen LogP contribution in [0, 0.1) is 0 Å². The lowest BCUT2D eigenvalue weighted by molar-refractivity contribution is 0.184. The molecule has 1 aromatic carbocycles. The van der Waals surface area contributed by atoms with Crippen molar-refractivity contribution in [3.05, 3.63) is 29.3 Å². The van der Waals surface area contributed by atoms with Crippen LogP contribution in [-0.4, -0.2) is 15.3 Å². The molecule has 3 nitrogen and oxygen atoms in total. The van der Waals surface area contributed by atoms with Crippen molar-refractivity contribution in [3.63, 3.8) is 0 Å². The lowest BCUT2D eigenvalue weighted by atomic mass is 10.0. The first kappa shape index (κ1) is 10.0. The molecule has 72 valence electrons. The fourth-order valence-electron chi connectivity index (χ4n) is 1.25. The quantitative estimate of drug-likeness (QED) is 0.649. The third-order valence-electron chi connectivity index (χ3n) is 2.00. The van der Waals surface area contributed by atoms with E-state index in [1.165, 1.54) is 0 Å². The first-order chi connectivity index (χ1) is 6.04. The van der Waals surface area contributed by atoms with Crippen LogP contribution in [0.25, 0.3) is 0 Å². The van der Waals surface area contributed by atoms with E-state index in [-0.39, 0.29) is 5.75 Å². The van der Waals surface area contributed by atoms with Gasteiger partial charge in [0.1, 0.15) is 5.75 Å². The zero-order valence-corrected chi connectivity index (χ0v) is 7.73. The molecule has 0 bridgehead atoms. The second kappa shape index (κ2) is 3.77. The molecule has 0 saturated heterocycles. The number of hydrogen-bond acceptors (Lipinski definition) is 3. The van der Waals surface area contributed by atoms with Gasteiger partial charge in [-0.25, -0.2) is 0 Å². The second-order valence-corrected chi connectivity index (χ2v) is 3.14. The average molecular weight is 182 g/mol. The van der Waals surface area contributed by atoms with Gasteiger partial charge in [-0.05, 0) is 13.8 Å². The number of aliphatic hydroxyl groups excluding tert-OH is 2. The largest absolute Gasteiger partial charge is 0.507 e. The van der Waals surface area contributed by atoms with Crippen molar-refractivity contribution in [3.8, 4) is 5.75 Å². The number of para-hydroxylation sites is 1. The van der Waals surface area contributed by atoms with Crippen LogP contribution in [0.3, 0.4) is 0 Å². The van der Waals surface area contributed by atoms with Crippen LogP contribution in [-0.2, 0) is 0 Å². The van der Waals surface area contributed by atoms with Gasteiger partial charge < -0.3 is 15.3 Å². The smallest absolute Gasteiger partial charge is 0.127 e. The van der Waals surface area contributed by atoms with E-state index in [2.05, 4.69) is 0 Å². The minimum Gasteiger partial charge on any atom is -0.507 e. The maximum atomic E-state index is 9.61. The summed E-state index contributed by atoms with van der Waals surface area (Å²) < 4.78 is 0. The molecule has 1 rings (SSSR count). The second-order valence-electron chi connectivity index (χ2n) is 3.14. The molecule has 3 heteroatoms. The van der Waals surface area contributed by atoms with Crippen molar-refractivity contribution in [2.45, 2.75) is 26.1 Å². The molecular weight excluding hydrogens is 168 g/mol. The normalized spacial score (nSPS) is 15.4. The van der Waals surface area contributed by atoms with Crippen LogP contribution in [0.2, 0.25) is 0 Å². The third kappa shape index (κ3) is 1.99. The monoisotopic (exact) mass is 182 g/mol. The highest BCUT2D eigenvalue weighted by molar-refractivity contribution is 5.42. The van der Waals surface area contributed by atoms with E-state index in [0.717, 1.165) is 0 Å². The summed E-state index contributed by atoms with van der Waals surface area (Å²) in [5.41, 5.74) is 0.886. The Labute approximate surface area is 77.3 Å². The van der Waals surface area contributed by atoms with Crippen LogP contribution in [0.15, 0.2) is 18.2 Å². The molecule has 1 aromatic rings. The third-order valence-corrected chi connectivity index (χ3v) is 2.00. The predicted octanol–water partition coefficient (Wildman–Crippen LogP) is 1.50. The maximum Gasteiger partial charge on any atom is 0.127 e. The molecule has 0 aromatic heterocycles. The fourth-order valence-corrected chi connectivity index (χ4v) is 1.25. The van der Waals surface area contributed by atoms with Gasteiger partial charge in [0.05, 0.1) is 12.2 Å². The molecule has 0 fully saturated rings. The molecule has 0 aliphatic heterocycles. The Kier molecular flexibility index (Phi) is 2.90. The minimum absolute atomic E-state index is 0.0208. The van der Waals surface area contributed by atoms with Gasteiger partial charge in [0.15, 0.2) is 0 Å². The number of hydrogen-bond donors (Lipinski definition) is 3. The van der Waals surface area contributed by atoms with Gasteiger partial charge in [-0.2, -0.15) is 0 Å². The summed E-state index contributed by atoms with van der Waals surface area (Å²) in [6, 6.07) is 4.96. The van der Waals surface area contributed by atoms with Crippen molar-refractivity contribution in [2.24, 2.45) is 0 Å². The van der Waals surface area contributed by atoms with Crippen LogP contribution in [0.4, 0.5) is 0 Å². The Hall–Kier alpha value is -1.06. The zero-order valence-electron chi connectivity index (χ0n) is 7.73. The summed E-state index contributed by atoms with van der Waals surface area (Å²) in [7, 11) is 0. The van der Waals surface area contributed by atoms with Gasteiger partial charge in [-0.15, -0.1) is 0 Å². The van der Waals surface area contributed by atoms with Crippen molar-refractivity contribution in [1.29, 1.82) is 0 Å². The number of rotatable bonds is 2. The molecule has 2 unspecified atom stereocenters. The molecule has 3 N–H and O–H groups in total. The molecular formula is C10H14O3. The SMILES string of the molecule is CC(O)c1cccc(C(C)O)c1O. The van der Waals surface area contributed by atoms with Gasteiger partial charge in [0, 0.05) is 11.1 Å². The summed E-state index contributed by atoms with van der Waals surface area (Å²) in [5, 5.41) is 28.1. The van der Waals surface area contributed by atoms with Crippen LogP contribution >= 0.6 is 0 Å². The molecule has 0 saturated carbocycles.